The normalized spacial score (nSPS) is 16.9. The van der Waals surface area contributed by atoms with E-state index in [0.717, 1.165) is 18.4 Å². The Bertz CT molecular complexity index is 542. The average molecular weight is 292 g/mol. The highest BCUT2D eigenvalue weighted by Gasteiger charge is 2.48. The lowest BCUT2D eigenvalue weighted by Crippen LogP contribution is -2.55. The number of carbonyl (C=O) groups excluding carboxylic acids is 1. The fourth-order valence-electron chi connectivity index (χ4n) is 2.30. The summed E-state index contributed by atoms with van der Waals surface area (Å²) in [5.74, 6) is -1.01. The van der Waals surface area contributed by atoms with Crippen molar-refractivity contribution in [3.05, 3.63) is 29.8 Å². The number of aliphatic carboxylic acids is 1. The minimum absolute atomic E-state index is 0.00466. The number of methoxy groups -OCH3 is 1. The number of benzene rings is 1. The van der Waals surface area contributed by atoms with E-state index in [4.69, 9.17) is 4.74 Å². The van der Waals surface area contributed by atoms with Crippen molar-refractivity contribution in [2.75, 3.05) is 12.4 Å². The lowest BCUT2D eigenvalue weighted by atomic mass is 9.96. The van der Waals surface area contributed by atoms with Gasteiger partial charge in [0.2, 0.25) is 0 Å². The summed E-state index contributed by atoms with van der Waals surface area (Å²) in [6.07, 6.45) is 1.65. The SMILES string of the molecule is COCc1ccccc1NC(=O)NC(C)(C(=O)O)C1CC1. The number of para-hydroxylation sites is 1. The molecule has 3 N–H and O–H groups in total. The molecule has 0 bridgehead atoms. The second kappa shape index (κ2) is 6.13. The molecule has 114 valence electrons. The van der Waals surface area contributed by atoms with E-state index >= 15 is 0 Å². The number of carbonyl (C=O) groups is 2. The smallest absolute Gasteiger partial charge is 0.329 e. The molecule has 1 unspecified atom stereocenters. The van der Waals surface area contributed by atoms with Crippen LogP contribution >= 0.6 is 0 Å². The fraction of sp³-hybridized carbons (Fsp3) is 0.467. The van der Waals surface area contributed by atoms with Crippen LogP contribution in [-0.2, 0) is 16.1 Å². The molecule has 0 radical (unpaired) electrons. The highest BCUT2D eigenvalue weighted by atomic mass is 16.5. The molecular formula is C15H20N2O4. The minimum Gasteiger partial charge on any atom is -0.480 e. The zero-order valence-electron chi connectivity index (χ0n) is 12.2. The Morgan fingerprint density at radius 2 is 2.05 bits per heavy atom. The number of amides is 2. The first-order valence-corrected chi connectivity index (χ1v) is 6.86. The van der Waals surface area contributed by atoms with Crippen molar-refractivity contribution >= 4 is 17.7 Å². The van der Waals surface area contributed by atoms with Crippen molar-refractivity contribution in [2.45, 2.75) is 31.9 Å². The molecule has 6 heteroatoms. The zero-order valence-corrected chi connectivity index (χ0v) is 12.2. The monoisotopic (exact) mass is 292 g/mol. The van der Waals surface area contributed by atoms with E-state index in [1.807, 2.05) is 12.1 Å². The maximum Gasteiger partial charge on any atom is 0.329 e. The lowest BCUT2D eigenvalue weighted by molar-refractivity contribution is -0.144. The van der Waals surface area contributed by atoms with Gasteiger partial charge in [-0.15, -0.1) is 0 Å². The number of anilines is 1. The van der Waals surface area contributed by atoms with Crippen molar-refractivity contribution in [2.24, 2.45) is 5.92 Å². The third-order valence-electron chi connectivity index (χ3n) is 3.78. The summed E-state index contributed by atoms with van der Waals surface area (Å²) in [6, 6.07) is 6.73. The molecule has 1 aliphatic carbocycles. The van der Waals surface area contributed by atoms with Crippen LogP contribution < -0.4 is 10.6 Å². The van der Waals surface area contributed by atoms with Crippen LogP contribution in [0.15, 0.2) is 24.3 Å². The summed E-state index contributed by atoms with van der Waals surface area (Å²) in [6.45, 7) is 1.92. The summed E-state index contributed by atoms with van der Waals surface area (Å²) in [5.41, 5.74) is 0.222. The van der Waals surface area contributed by atoms with Gasteiger partial charge in [0, 0.05) is 18.4 Å². The Morgan fingerprint density at radius 1 is 1.38 bits per heavy atom. The van der Waals surface area contributed by atoms with Crippen molar-refractivity contribution in [3.8, 4) is 0 Å². The van der Waals surface area contributed by atoms with Crippen molar-refractivity contribution in [1.29, 1.82) is 0 Å². The summed E-state index contributed by atoms with van der Waals surface area (Å²) >= 11 is 0. The van der Waals surface area contributed by atoms with Gasteiger partial charge in [0.15, 0.2) is 0 Å². The maximum absolute atomic E-state index is 12.1. The van der Waals surface area contributed by atoms with Gasteiger partial charge in [0.25, 0.3) is 0 Å². The second-order valence-electron chi connectivity index (χ2n) is 5.45. The van der Waals surface area contributed by atoms with Gasteiger partial charge in [-0.2, -0.15) is 0 Å². The predicted octanol–water partition coefficient (Wildman–Crippen LogP) is 2.21. The van der Waals surface area contributed by atoms with Gasteiger partial charge in [0.1, 0.15) is 5.54 Å². The van der Waals surface area contributed by atoms with E-state index in [9.17, 15) is 14.7 Å². The highest BCUT2D eigenvalue weighted by molar-refractivity contribution is 5.94. The van der Waals surface area contributed by atoms with Crippen molar-refractivity contribution in [3.63, 3.8) is 0 Å². The number of nitrogens with one attached hydrogen (secondary N) is 2. The molecule has 1 aliphatic rings. The first kappa shape index (κ1) is 15.3. The van der Waals surface area contributed by atoms with Gasteiger partial charge < -0.3 is 20.5 Å². The second-order valence-corrected chi connectivity index (χ2v) is 5.45. The van der Waals surface area contributed by atoms with Crippen LogP contribution in [-0.4, -0.2) is 29.8 Å². The molecule has 0 aliphatic heterocycles. The Morgan fingerprint density at radius 3 is 2.62 bits per heavy atom. The molecule has 6 nitrogen and oxygen atoms in total. The Hall–Kier alpha value is -2.08. The van der Waals surface area contributed by atoms with Crippen LogP contribution in [0.3, 0.4) is 0 Å². The quantitative estimate of drug-likeness (QED) is 0.750. The Balaban J connectivity index is 2.06. The van der Waals surface area contributed by atoms with Gasteiger partial charge in [-0.1, -0.05) is 18.2 Å². The van der Waals surface area contributed by atoms with Gasteiger partial charge in [0.05, 0.1) is 6.61 Å². The van der Waals surface area contributed by atoms with E-state index in [-0.39, 0.29) is 5.92 Å². The summed E-state index contributed by atoms with van der Waals surface area (Å²) in [4.78, 5) is 23.5. The van der Waals surface area contributed by atoms with Crippen molar-refractivity contribution in [1.82, 2.24) is 5.32 Å². The molecule has 21 heavy (non-hydrogen) atoms. The molecule has 0 spiro atoms. The largest absolute Gasteiger partial charge is 0.480 e. The fourth-order valence-corrected chi connectivity index (χ4v) is 2.30. The molecule has 1 saturated carbocycles. The molecule has 0 aromatic heterocycles. The lowest BCUT2D eigenvalue weighted by Gasteiger charge is -2.26. The van der Waals surface area contributed by atoms with E-state index in [0.29, 0.717) is 12.3 Å². The summed E-state index contributed by atoms with van der Waals surface area (Å²) in [7, 11) is 1.57. The van der Waals surface area contributed by atoms with Crippen LogP contribution in [0.25, 0.3) is 0 Å². The first-order valence-electron chi connectivity index (χ1n) is 6.86. The molecule has 1 aromatic rings. The first-order chi connectivity index (χ1) is 9.97. The molecule has 1 fully saturated rings. The zero-order chi connectivity index (χ0) is 15.5. The Kier molecular flexibility index (Phi) is 4.47. The molecule has 1 aromatic carbocycles. The van der Waals surface area contributed by atoms with E-state index in [1.165, 1.54) is 0 Å². The van der Waals surface area contributed by atoms with Crippen molar-refractivity contribution < 1.29 is 19.4 Å². The van der Waals surface area contributed by atoms with Crippen LogP contribution in [0, 0.1) is 5.92 Å². The average Bonchev–Trinajstić information content (AvgIpc) is 3.25. The molecule has 2 rings (SSSR count). The standard InChI is InChI=1S/C15H20N2O4/c1-15(13(18)19,11-7-8-11)17-14(20)16-12-6-4-3-5-10(12)9-21-2/h3-6,11H,7-9H2,1-2H3,(H,18,19)(H2,16,17,20). The van der Waals surface area contributed by atoms with Crippen LogP contribution in [0.2, 0.25) is 0 Å². The number of hydrogen-bond donors (Lipinski definition) is 3. The Labute approximate surface area is 123 Å². The molecule has 0 heterocycles. The van der Waals surface area contributed by atoms with Gasteiger partial charge >= 0.3 is 12.0 Å². The van der Waals surface area contributed by atoms with E-state index < -0.39 is 17.5 Å². The molecule has 1 atom stereocenters. The van der Waals surface area contributed by atoms with E-state index in [2.05, 4.69) is 10.6 Å². The van der Waals surface area contributed by atoms with Gasteiger partial charge in [-0.3, -0.25) is 0 Å². The highest BCUT2D eigenvalue weighted by Crippen LogP contribution is 2.39. The third-order valence-corrected chi connectivity index (χ3v) is 3.78. The topological polar surface area (TPSA) is 87.7 Å². The third kappa shape index (κ3) is 3.52. The predicted molar refractivity (Wildman–Crippen MR) is 78.1 cm³/mol. The van der Waals surface area contributed by atoms with Gasteiger partial charge in [-0.05, 0) is 31.7 Å². The summed E-state index contributed by atoms with van der Waals surface area (Å²) < 4.78 is 5.07. The minimum atomic E-state index is -1.22. The van der Waals surface area contributed by atoms with Crippen LogP contribution in [0.5, 0.6) is 0 Å². The summed E-state index contributed by atoms with van der Waals surface area (Å²) in [5, 5.41) is 14.6. The molecular weight excluding hydrogens is 272 g/mol. The molecule has 0 saturated heterocycles. The van der Waals surface area contributed by atoms with E-state index in [1.54, 1.807) is 26.2 Å². The molecule has 2 amide bonds. The van der Waals surface area contributed by atoms with Crippen LogP contribution in [0.4, 0.5) is 10.5 Å². The number of carboxylic acids is 1. The van der Waals surface area contributed by atoms with Gasteiger partial charge in [-0.25, -0.2) is 9.59 Å². The number of rotatable bonds is 6. The number of carboxylic acid groups (broad SMARTS) is 1. The number of urea groups is 1. The number of ether oxygens (including phenoxy) is 1. The van der Waals surface area contributed by atoms with Crippen LogP contribution in [0.1, 0.15) is 25.3 Å². The number of hydrogen-bond acceptors (Lipinski definition) is 3. The maximum atomic E-state index is 12.1.